The molecule has 1 aliphatic carbocycles. The topological polar surface area (TPSA) is 66.6 Å². The Hall–Kier alpha value is -1.62. The van der Waals surface area contributed by atoms with Crippen molar-refractivity contribution in [1.82, 2.24) is 4.90 Å². The zero-order valence-electron chi connectivity index (χ0n) is 11.0. The molecule has 5 heteroatoms. The van der Waals surface area contributed by atoms with Crippen LogP contribution in [0.4, 0.5) is 4.39 Å². The van der Waals surface area contributed by atoms with E-state index in [0.717, 1.165) is 25.3 Å². The minimum atomic E-state index is -0.695. The molecule has 0 bridgehead atoms. The van der Waals surface area contributed by atoms with Gasteiger partial charge in [-0.3, -0.25) is 4.79 Å². The van der Waals surface area contributed by atoms with Crippen LogP contribution in [-0.2, 0) is 0 Å². The summed E-state index contributed by atoms with van der Waals surface area (Å²) in [5.74, 6) is -0.950. The molecule has 1 saturated carbocycles. The molecule has 0 aliphatic heterocycles. The molecular formula is C14H19FN2O2. The highest BCUT2D eigenvalue weighted by molar-refractivity contribution is 5.94. The number of carbonyl (C=O) groups is 1. The second-order valence-electron chi connectivity index (χ2n) is 5.07. The average Bonchev–Trinajstić information content (AvgIpc) is 2.85. The number of hydrogen-bond donors (Lipinski definition) is 2. The van der Waals surface area contributed by atoms with Gasteiger partial charge in [-0.05, 0) is 37.4 Å². The Balaban J connectivity index is 2.19. The number of nitrogens with two attached hydrogens (primary N) is 1. The van der Waals surface area contributed by atoms with Gasteiger partial charge in [0.15, 0.2) is 0 Å². The van der Waals surface area contributed by atoms with E-state index in [0.29, 0.717) is 6.54 Å². The molecule has 2 unspecified atom stereocenters. The van der Waals surface area contributed by atoms with E-state index in [2.05, 4.69) is 0 Å². The third-order valence-corrected chi connectivity index (χ3v) is 3.92. The first-order valence-electron chi connectivity index (χ1n) is 6.50. The summed E-state index contributed by atoms with van der Waals surface area (Å²) >= 11 is 0. The molecule has 0 aromatic heterocycles. The number of amides is 1. The molecule has 0 spiro atoms. The molecule has 2 atom stereocenters. The van der Waals surface area contributed by atoms with Crippen molar-refractivity contribution in [1.29, 1.82) is 0 Å². The second-order valence-corrected chi connectivity index (χ2v) is 5.07. The lowest BCUT2D eigenvalue weighted by Crippen LogP contribution is -2.41. The first kappa shape index (κ1) is 13.8. The minimum Gasteiger partial charge on any atom is -0.508 e. The maximum absolute atomic E-state index is 13.7. The highest BCUT2D eigenvalue weighted by atomic mass is 19.1. The average molecular weight is 266 g/mol. The van der Waals surface area contributed by atoms with Crippen molar-refractivity contribution in [2.45, 2.75) is 25.3 Å². The Bertz CT molecular complexity index is 479. The Morgan fingerprint density at radius 3 is 2.89 bits per heavy atom. The summed E-state index contributed by atoms with van der Waals surface area (Å²) < 4.78 is 13.7. The molecule has 4 nitrogen and oxygen atoms in total. The van der Waals surface area contributed by atoms with Crippen LogP contribution < -0.4 is 5.73 Å². The molecule has 1 aromatic rings. The summed E-state index contributed by atoms with van der Waals surface area (Å²) in [6.45, 7) is 0.542. The number of aromatic hydroxyl groups is 1. The monoisotopic (exact) mass is 266 g/mol. The molecule has 0 saturated heterocycles. The highest BCUT2D eigenvalue weighted by Gasteiger charge is 2.32. The Morgan fingerprint density at radius 2 is 2.26 bits per heavy atom. The first-order valence-corrected chi connectivity index (χ1v) is 6.50. The lowest BCUT2D eigenvalue weighted by molar-refractivity contribution is 0.0695. The number of benzene rings is 1. The summed E-state index contributed by atoms with van der Waals surface area (Å²) in [5.41, 5.74) is 5.69. The summed E-state index contributed by atoms with van der Waals surface area (Å²) in [4.78, 5) is 13.9. The lowest BCUT2D eigenvalue weighted by Gasteiger charge is -2.29. The molecule has 2 rings (SSSR count). The van der Waals surface area contributed by atoms with Crippen LogP contribution in [0.25, 0.3) is 0 Å². The first-order chi connectivity index (χ1) is 9.04. The molecule has 1 aromatic carbocycles. The third-order valence-electron chi connectivity index (χ3n) is 3.92. The maximum Gasteiger partial charge on any atom is 0.256 e. The highest BCUT2D eigenvalue weighted by Crippen LogP contribution is 2.29. The van der Waals surface area contributed by atoms with Crippen LogP contribution in [-0.4, -0.2) is 35.5 Å². The van der Waals surface area contributed by atoms with E-state index in [1.165, 1.54) is 12.1 Å². The van der Waals surface area contributed by atoms with Gasteiger partial charge in [0.05, 0.1) is 5.56 Å². The summed E-state index contributed by atoms with van der Waals surface area (Å²) in [7, 11) is 1.69. The van der Waals surface area contributed by atoms with Crippen molar-refractivity contribution < 1.29 is 14.3 Å². The van der Waals surface area contributed by atoms with E-state index in [-0.39, 0.29) is 29.2 Å². The van der Waals surface area contributed by atoms with E-state index >= 15 is 0 Å². The fourth-order valence-electron chi connectivity index (χ4n) is 2.82. The van der Waals surface area contributed by atoms with Gasteiger partial charge in [-0.2, -0.15) is 0 Å². The predicted octanol–water partition coefficient (Wildman–Crippen LogP) is 1.73. The summed E-state index contributed by atoms with van der Waals surface area (Å²) in [6, 6.07) is 3.66. The number of nitrogens with zero attached hydrogens (tertiary/aromatic N) is 1. The fourth-order valence-corrected chi connectivity index (χ4v) is 2.82. The SMILES string of the molecule is CN(C(=O)c1ccc(O)cc1F)C1CCCC1CN. The smallest absolute Gasteiger partial charge is 0.256 e. The summed E-state index contributed by atoms with van der Waals surface area (Å²) in [6.07, 6.45) is 2.96. The largest absolute Gasteiger partial charge is 0.508 e. The Labute approximate surface area is 112 Å². The molecule has 104 valence electrons. The van der Waals surface area contributed by atoms with Crippen LogP contribution in [0.3, 0.4) is 0 Å². The molecule has 19 heavy (non-hydrogen) atoms. The van der Waals surface area contributed by atoms with Gasteiger partial charge in [0, 0.05) is 19.2 Å². The molecular weight excluding hydrogens is 247 g/mol. The van der Waals surface area contributed by atoms with Gasteiger partial charge in [-0.25, -0.2) is 4.39 Å². The van der Waals surface area contributed by atoms with Gasteiger partial charge in [0.2, 0.25) is 0 Å². The molecule has 3 N–H and O–H groups in total. The predicted molar refractivity (Wildman–Crippen MR) is 70.3 cm³/mol. The quantitative estimate of drug-likeness (QED) is 0.875. The maximum atomic E-state index is 13.7. The van der Waals surface area contributed by atoms with E-state index in [9.17, 15) is 9.18 Å². The van der Waals surface area contributed by atoms with Crippen molar-refractivity contribution in [3.05, 3.63) is 29.6 Å². The lowest BCUT2D eigenvalue weighted by atomic mass is 10.0. The van der Waals surface area contributed by atoms with Crippen LogP contribution in [0, 0.1) is 11.7 Å². The van der Waals surface area contributed by atoms with Gasteiger partial charge in [-0.1, -0.05) is 6.42 Å². The van der Waals surface area contributed by atoms with Crippen LogP contribution in [0.2, 0.25) is 0 Å². The molecule has 0 heterocycles. The third kappa shape index (κ3) is 2.71. The number of hydrogen-bond acceptors (Lipinski definition) is 3. The van der Waals surface area contributed by atoms with Crippen molar-refractivity contribution >= 4 is 5.91 Å². The minimum absolute atomic E-state index is 0.0111. The second kappa shape index (κ2) is 5.57. The zero-order valence-corrected chi connectivity index (χ0v) is 11.0. The van der Waals surface area contributed by atoms with Crippen molar-refractivity contribution in [2.24, 2.45) is 11.7 Å². The number of phenolic OH excluding ortho intramolecular Hbond substituents is 1. The van der Waals surface area contributed by atoms with Crippen LogP contribution in [0.1, 0.15) is 29.6 Å². The van der Waals surface area contributed by atoms with Gasteiger partial charge in [0.1, 0.15) is 11.6 Å². The Kier molecular flexibility index (Phi) is 4.04. The number of halogens is 1. The van der Waals surface area contributed by atoms with E-state index in [1.807, 2.05) is 0 Å². The number of carbonyl (C=O) groups excluding carboxylic acids is 1. The van der Waals surface area contributed by atoms with Gasteiger partial charge in [-0.15, -0.1) is 0 Å². The Morgan fingerprint density at radius 1 is 1.53 bits per heavy atom. The number of rotatable bonds is 3. The van der Waals surface area contributed by atoms with Crippen molar-refractivity contribution in [3.8, 4) is 5.75 Å². The van der Waals surface area contributed by atoms with E-state index in [4.69, 9.17) is 10.8 Å². The van der Waals surface area contributed by atoms with Crippen LogP contribution >= 0.6 is 0 Å². The normalized spacial score (nSPS) is 22.5. The van der Waals surface area contributed by atoms with E-state index < -0.39 is 5.82 Å². The van der Waals surface area contributed by atoms with Crippen molar-refractivity contribution in [3.63, 3.8) is 0 Å². The van der Waals surface area contributed by atoms with Gasteiger partial charge >= 0.3 is 0 Å². The van der Waals surface area contributed by atoms with Gasteiger partial charge < -0.3 is 15.7 Å². The van der Waals surface area contributed by atoms with Crippen LogP contribution in [0.15, 0.2) is 18.2 Å². The molecule has 0 radical (unpaired) electrons. The van der Waals surface area contributed by atoms with Gasteiger partial charge in [0.25, 0.3) is 5.91 Å². The standard InChI is InChI=1S/C14H19FN2O2/c1-17(13-4-2-3-9(13)8-16)14(19)11-6-5-10(18)7-12(11)15/h5-7,9,13,18H,2-4,8,16H2,1H3. The molecule has 1 aliphatic rings. The fraction of sp³-hybridized carbons (Fsp3) is 0.500. The summed E-state index contributed by atoms with van der Waals surface area (Å²) in [5, 5.41) is 9.17. The molecule has 1 fully saturated rings. The van der Waals surface area contributed by atoms with Crippen molar-refractivity contribution in [2.75, 3.05) is 13.6 Å². The van der Waals surface area contributed by atoms with E-state index in [1.54, 1.807) is 11.9 Å². The van der Waals surface area contributed by atoms with Crippen LogP contribution in [0.5, 0.6) is 5.75 Å². The zero-order chi connectivity index (χ0) is 14.0. The molecule has 1 amide bonds. The number of phenols is 1.